The predicted octanol–water partition coefficient (Wildman–Crippen LogP) is 1.50. The number of nitrogens with two attached hydrogens (primary N) is 1. The van der Waals surface area contributed by atoms with Crippen LogP contribution in [0.4, 0.5) is 13.2 Å². The first kappa shape index (κ1) is 13.3. The number of ether oxygens (including phenoxy) is 1. The molecule has 0 aliphatic rings. The van der Waals surface area contributed by atoms with Gasteiger partial charge in [0.25, 0.3) is 0 Å². The van der Waals surface area contributed by atoms with Gasteiger partial charge in [-0.3, -0.25) is 4.79 Å². The fraction of sp³-hybridized carbons (Fsp3) is 0.300. The van der Waals surface area contributed by atoms with Gasteiger partial charge in [-0.25, -0.2) is 0 Å². The summed E-state index contributed by atoms with van der Waals surface area (Å²) in [5.74, 6) is -1.77. The van der Waals surface area contributed by atoms with Gasteiger partial charge in [0, 0.05) is 0 Å². The van der Waals surface area contributed by atoms with Crippen LogP contribution in [-0.4, -0.2) is 23.7 Å². The first-order valence-corrected chi connectivity index (χ1v) is 4.60. The second kappa shape index (κ2) is 5.05. The second-order valence-corrected chi connectivity index (χ2v) is 3.25. The van der Waals surface area contributed by atoms with Crippen molar-refractivity contribution in [1.29, 1.82) is 0 Å². The summed E-state index contributed by atoms with van der Waals surface area (Å²) in [6.07, 6.45) is -4.55. The highest BCUT2D eigenvalue weighted by atomic mass is 19.4. The Morgan fingerprint density at radius 1 is 1.41 bits per heavy atom. The zero-order valence-electron chi connectivity index (χ0n) is 8.57. The van der Waals surface area contributed by atoms with Crippen LogP contribution in [0.1, 0.15) is 5.56 Å². The fourth-order valence-corrected chi connectivity index (χ4v) is 1.08. The molecule has 7 heteroatoms. The maximum Gasteiger partial charge on any atom is 0.419 e. The van der Waals surface area contributed by atoms with Crippen LogP contribution in [0.2, 0.25) is 0 Å². The summed E-state index contributed by atoms with van der Waals surface area (Å²) < 4.78 is 42.3. The second-order valence-electron chi connectivity index (χ2n) is 3.25. The zero-order chi connectivity index (χ0) is 13.1. The number of carboxylic acids is 1. The number of alkyl halides is 3. The molecule has 17 heavy (non-hydrogen) atoms. The topological polar surface area (TPSA) is 72.5 Å². The first-order chi connectivity index (χ1) is 7.82. The van der Waals surface area contributed by atoms with Crippen molar-refractivity contribution in [2.45, 2.75) is 12.2 Å². The third-order valence-electron chi connectivity index (χ3n) is 1.93. The number of halogens is 3. The van der Waals surface area contributed by atoms with Gasteiger partial charge >= 0.3 is 12.1 Å². The summed E-state index contributed by atoms with van der Waals surface area (Å²) in [6.45, 7) is -0.525. The van der Waals surface area contributed by atoms with E-state index in [0.29, 0.717) is 0 Å². The van der Waals surface area contributed by atoms with E-state index in [1.807, 2.05) is 0 Å². The van der Waals surface area contributed by atoms with Crippen molar-refractivity contribution in [2.75, 3.05) is 6.61 Å². The van der Waals surface area contributed by atoms with Crippen LogP contribution in [0, 0.1) is 0 Å². The van der Waals surface area contributed by atoms with Crippen LogP contribution < -0.4 is 10.5 Å². The Balaban J connectivity index is 2.81. The molecule has 0 heterocycles. The molecule has 94 valence electrons. The van der Waals surface area contributed by atoms with Crippen molar-refractivity contribution in [2.24, 2.45) is 5.73 Å². The van der Waals surface area contributed by atoms with Crippen LogP contribution in [0.5, 0.6) is 5.75 Å². The van der Waals surface area contributed by atoms with E-state index in [-0.39, 0.29) is 0 Å². The Hall–Kier alpha value is -1.76. The molecule has 4 nitrogen and oxygen atoms in total. The molecule has 0 aromatic heterocycles. The molecule has 3 N–H and O–H groups in total. The minimum absolute atomic E-state index is 0.434. The van der Waals surface area contributed by atoms with Gasteiger partial charge in [0.1, 0.15) is 18.4 Å². The SMILES string of the molecule is NC(COc1ccccc1C(F)(F)F)C(=O)O. The Kier molecular flexibility index (Phi) is 3.95. The molecule has 1 rings (SSSR count). The molecule has 1 aromatic rings. The minimum Gasteiger partial charge on any atom is -0.491 e. The van der Waals surface area contributed by atoms with E-state index in [1.54, 1.807) is 0 Å². The average Bonchev–Trinajstić information content (AvgIpc) is 2.24. The number of hydrogen-bond donors (Lipinski definition) is 2. The molecule has 0 spiro atoms. The van der Waals surface area contributed by atoms with Crippen molar-refractivity contribution in [3.63, 3.8) is 0 Å². The highest BCUT2D eigenvalue weighted by Gasteiger charge is 2.34. The number of carbonyl (C=O) groups is 1. The Morgan fingerprint density at radius 2 is 2.00 bits per heavy atom. The van der Waals surface area contributed by atoms with Crippen molar-refractivity contribution in [3.05, 3.63) is 29.8 Å². The monoisotopic (exact) mass is 249 g/mol. The number of benzene rings is 1. The van der Waals surface area contributed by atoms with E-state index in [0.717, 1.165) is 12.1 Å². The number of carboxylic acid groups (broad SMARTS) is 1. The van der Waals surface area contributed by atoms with Crippen LogP contribution >= 0.6 is 0 Å². The smallest absolute Gasteiger partial charge is 0.419 e. The lowest BCUT2D eigenvalue weighted by molar-refractivity contribution is -0.139. The third kappa shape index (κ3) is 3.63. The lowest BCUT2D eigenvalue weighted by Crippen LogP contribution is -2.36. The molecule has 0 fully saturated rings. The number of rotatable bonds is 4. The van der Waals surface area contributed by atoms with E-state index < -0.39 is 36.1 Å². The van der Waals surface area contributed by atoms with Crippen LogP contribution in [-0.2, 0) is 11.0 Å². The lowest BCUT2D eigenvalue weighted by Gasteiger charge is -2.14. The first-order valence-electron chi connectivity index (χ1n) is 4.60. The summed E-state index contributed by atoms with van der Waals surface area (Å²) >= 11 is 0. The molecule has 0 aliphatic heterocycles. The van der Waals surface area contributed by atoms with E-state index in [2.05, 4.69) is 0 Å². The number of hydrogen-bond acceptors (Lipinski definition) is 3. The normalized spacial score (nSPS) is 13.2. The molecule has 0 bridgehead atoms. The van der Waals surface area contributed by atoms with Crippen LogP contribution in [0.15, 0.2) is 24.3 Å². The molecule has 1 aromatic carbocycles. The highest BCUT2D eigenvalue weighted by Crippen LogP contribution is 2.35. The van der Waals surface area contributed by atoms with Gasteiger partial charge < -0.3 is 15.6 Å². The van der Waals surface area contributed by atoms with Crippen LogP contribution in [0.3, 0.4) is 0 Å². The zero-order valence-corrected chi connectivity index (χ0v) is 8.57. The average molecular weight is 249 g/mol. The van der Waals surface area contributed by atoms with Crippen molar-refractivity contribution in [1.82, 2.24) is 0 Å². The number of para-hydroxylation sites is 1. The molecule has 1 unspecified atom stereocenters. The fourth-order valence-electron chi connectivity index (χ4n) is 1.08. The van der Waals surface area contributed by atoms with E-state index in [1.165, 1.54) is 12.1 Å². The van der Waals surface area contributed by atoms with Gasteiger partial charge in [0.05, 0.1) is 5.56 Å². The van der Waals surface area contributed by atoms with Crippen LogP contribution in [0.25, 0.3) is 0 Å². The maximum absolute atomic E-state index is 12.5. The molecular weight excluding hydrogens is 239 g/mol. The summed E-state index contributed by atoms with van der Waals surface area (Å²) in [5, 5.41) is 8.46. The Bertz CT molecular complexity index is 406. The summed E-state index contributed by atoms with van der Waals surface area (Å²) in [7, 11) is 0. The van der Waals surface area contributed by atoms with Gasteiger partial charge in [0.15, 0.2) is 0 Å². The standard InChI is InChI=1S/C10H10F3NO3/c11-10(12,13)6-3-1-2-4-8(6)17-5-7(14)9(15)16/h1-4,7H,5,14H2,(H,15,16). The maximum atomic E-state index is 12.5. The van der Waals surface area contributed by atoms with E-state index >= 15 is 0 Å². The van der Waals surface area contributed by atoms with Gasteiger partial charge in [-0.1, -0.05) is 12.1 Å². The lowest BCUT2D eigenvalue weighted by atomic mass is 10.2. The van der Waals surface area contributed by atoms with Gasteiger partial charge in [0.2, 0.25) is 0 Å². The minimum atomic E-state index is -4.55. The Labute approximate surface area is 94.8 Å². The van der Waals surface area contributed by atoms with Gasteiger partial charge in [-0.2, -0.15) is 13.2 Å². The van der Waals surface area contributed by atoms with Crippen molar-refractivity contribution in [3.8, 4) is 5.75 Å². The van der Waals surface area contributed by atoms with E-state index in [4.69, 9.17) is 15.6 Å². The molecule has 0 saturated carbocycles. The quantitative estimate of drug-likeness (QED) is 0.848. The molecular formula is C10H10F3NO3. The molecule has 1 atom stereocenters. The molecule has 0 saturated heterocycles. The van der Waals surface area contributed by atoms with Gasteiger partial charge in [-0.05, 0) is 12.1 Å². The summed E-state index contributed by atoms with van der Waals surface area (Å²) in [5.41, 5.74) is 4.16. The predicted molar refractivity (Wildman–Crippen MR) is 52.6 cm³/mol. The van der Waals surface area contributed by atoms with E-state index in [9.17, 15) is 18.0 Å². The largest absolute Gasteiger partial charge is 0.491 e. The van der Waals surface area contributed by atoms with Gasteiger partial charge in [-0.15, -0.1) is 0 Å². The molecule has 0 radical (unpaired) electrons. The number of aliphatic carboxylic acids is 1. The molecule has 0 amide bonds. The van der Waals surface area contributed by atoms with Crippen molar-refractivity contribution >= 4 is 5.97 Å². The van der Waals surface area contributed by atoms with Crippen molar-refractivity contribution < 1.29 is 27.8 Å². The Morgan fingerprint density at radius 3 is 2.53 bits per heavy atom. The molecule has 0 aliphatic carbocycles. The highest BCUT2D eigenvalue weighted by molar-refractivity contribution is 5.73. The third-order valence-corrected chi connectivity index (χ3v) is 1.93. The summed E-state index contributed by atoms with van der Waals surface area (Å²) in [6, 6.07) is 3.17. The summed E-state index contributed by atoms with van der Waals surface area (Å²) in [4.78, 5) is 10.4.